The average Bonchev–Trinajstić information content (AvgIpc) is 3.74. The monoisotopic (exact) mass is 550 g/mol. The molecule has 1 atom stereocenters. The van der Waals surface area contributed by atoms with Crippen LogP contribution in [0.2, 0.25) is 0 Å². The lowest BCUT2D eigenvalue weighted by Crippen LogP contribution is -2.40. The van der Waals surface area contributed by atoms with E-state index in [1.807, 2.05) is 46.8 Å². The van der Waals surface area contributed by atoms with Gasteiger partial charge in [0.1, 0.15) is 17.6 Å². The number of furan rings is 1. The number of nitrogens with zero attached hydrogens (tertiary/aromatic N) is 4. The number of thiazole rings is 1. The molecule has 0 aliphatic carbocycles. The van der Waals surface area contributed by atoms with Crippen molar-refractivity contribution in [3.63, 3.8) is 0 Å². The van der Waals surface area contributed by atoms with Gasteiger partial charge in [-0.3, -0.25) is 0 Å². The molecule has 2 aromatic heterocycles. The van der Waals surface area contributed by atoms with Crippen LogP contribution in [0.1, 0.15) is 23.8 Å². The van der Waals surface area contributed by atoms with Gasteiger partial charge in [-0.15, -0.1) is 11.3 Å². The molecule has 1 unspecified atom stereocenters. The number of morpholine rings is 1. The molecule has 0 bridgehead atoms. The summed E-state index contributed by atoms with van der Waals surface area (Å²) in [6.45, 7) is 1.56. The van der Waals surface area contributed by atoms with Crippen molar-refractivity contribution in [1.29, 1.82) is 0 Å². The van der Waals surface area contributed by atoms with Gasteiger partial charge in [-0.1, -0.05) is 12.1 Å². The molecule has 2 aromatic carbocycles. The minimum absolute atomic E-state index is 0.123. The van der Waals surface area contributed by atoms with Gasteiger partial charge in [0.05, 0.1) is 42.9 Å². The van der Waals surface area contributed by atoms with Crippen molar-refractivity contribution >= 4 is 32.2 Å². The zero-order valence-electron chi connectivity index (χ0n) is 20.7. The Morgan fingerprint density at radius 1 is 1.00 bits per heavy atom. The highest BCUT2D eigenvalue weighted by Gasteiger charge is 2.33. The molecular formula is C27H26N4O5S2. The minimum atomic E-state index is -3.55. The maximum atomic E-state index is 13.0. The molecule has 11 heteroatoms. The quantitative estimate of drug-likeness (QED) is 0.326. The normalized spacial score (nSPS) is 18.5. The molecule has 0 saturated carbocycles. The summed E-state index contributed by atoms with van der Waals surface area (Å²) in [5, 5.41) is 9.53. The molecule has 4 aromatic rings. The van der Waals surface area contributed by atoms with Gasteiger partial charge in [0.15, 0.2) is 0 Å². The van der Waals surface area contributed by atoms with Crippen molar-refractivity contribution < 1.29 is 22.3 Å². The third-order valence-electron chi connectivity index (χ3n) is 6.65. The largest absolute Gasteiger partial charge is 0.497 e. The highest BCUT2D eigenvalue weighted by atomic mass is 32.2. The molecule has 0 N–H and O–H groups in total. The van der Waals surface area contributed by atoms with Crippen molar-refractivity contribution in [2.75, 3.05) is 38.4 Å². The van der Waals surface area contributed by atoms with Gasteiger partial charge in [0.2, 0.25) is 15.2 Å². The van der Waals surface area contributed by atoms with Crippen molar-refractivity contribution in [3.8, 4) is 17.0 Å². The molecule has 1 fully saturated rings. The maximum absolute atomic E-state index is 13.0. The van der Waals surface area contributed by atoms with Crippen LogP contribution < -0.4 is 9.75 Å². The summed E-state index contributed by atoms with van der Waals surface area (Å²) in [4.78, 5) is 5.13. The molecule has 9 nitrogen and oxygen atoms in total. The molecule has 1 saturated heterocycles. The molecule has 4 heterocycles. The standard InChI is InChI=1S/C27H26N4O5S2/c1-34-21-8-4-19(5-9-21)23-17-25(26-3-2-14-36-26)31(29-23)27-28-24(18-37-27)20-6-10-22(11-7-20)38(32,33)30-12-15-35-16-13-30/h2-11,14,18,25H,12-13,15-17H2,1H3. The number of hydrogen-bond donors (Lipinski definition) is 0. The summed E-state index contributed by atoms with van der Waals surface area (Å²) in [5.74, 6) is 1.60. The van der Waals surface area contributed by atoms with Crippen molar-refractivity contribution in [3.05, 3.63) is 83.6 Å². The summed E-state index contributed by atoms with van der Waals surface area (Å²) >= 11 is 1.48. The highest BCUT2D eigenvalue weighted by Crippen LogP contribution is 2.39. The maximum Gasteiger partial charge on any atom is 0.243 e. The van der Waals surface area contributed by atoms with Crippen LogP contribution >= 0.6 is 11.3 Å². The van der Waals surface area contributed by atoms with Gasteiger partial charge >= 0.3 is 0 Å². The Balaban J connectivity index is 1.27. The fourth-order valence-electron chi connectivity index (χ4n) is 4.58. The number of rotatable bonds is 7. The highest BCUT2D eigenvalue weighted by molar-refractivity contribution is 7.89. The number of hydrogen-bond acceptors (Lipinski definition) is 9. The zero-order valence-corrected chi connectivity index (χ0v) is 22.3. The summed E-state index contributed by atoms with van der Waals surface area (Å²) in [6.07, 6.45) is 2.33. The first kappa shape index (κ1) is 24.8. The first-order chi connectivity index (χ1) is 18.5. The van der Waals surface area contributed by atoms with E-state index in [1.165, 1.54) is 15.6 Å². The van der Waals surface area contributed by atoms with Crippen LogP contribution in [-0.4, -0.2) is 56.8 Å². The Hall–Kier alpha value is -3.51. The second-order valence-corrected chi connectivity index (χ2v) is 11.7. The number of sulfonamides is 1. The van der Waals surface area contributed by atoms with E-state index >= 15 is 0 Å². The first-order valence-corrected chi connectivity index (χ1v) is 14.5. The van der Waals surface area contributed by atoms with E-state index < -0.39 is 10.0 Å². The van der Waals surface area contributed by atoms with E-state index in [4.69, 9.17) is 24.0 Å². The molecule has 2 aliphatic heterocycles. The lowest BCUT2D eigenvalue weighted by molar-refractivity contribution is 0.0730. The van der Waals surface area contributed by atoms with E-state index in [-0.39, 0.29) is 10.9 Å². The second kappa shape index (κ2) is 10.3. The third kappa shape index (κ3) is 4.73. The van der Waals surface area contributed by atoms with E-state index in [0.29, 0.717) is 32.7 Å². The Morgan fingerprint density at radius 3 is 2.42 bits per heavy atom. The number of benzene rings is 2. The lowest BCUT2D eigenvalue weighted by Gasteiger charge is -2.26. The van der Waals surface area contributed by atoms with Crippen LogP contribution in [0.15, 0.2) is 86.7 Å². The van der Waals surface area contributed by atoms with Crippen LogP contribution in [0.25, 0.3) is 11.3 Å². The molecule has 38 heavy (non-hydrogen) atoms. The van der Waals surface area contributed by atoms with Gasteiger partial charge < -0.3 is 13.9 Å². The number of aromatic nitrogens is 1. The summed E-state index contributed by atoms with van der Waals surface area (Å²) in [5.41, 5.74) is 3.54. The average molecular weight is 551 g/mol. The van der Waals surface area contributed by atoms with Crippen LogP contribution in [-0.2, 0) is 14.8 Å². The number of methoxy groups -OCH3 is 1. The Bertz CT molecular complexity index is 1530. The van der Waals surface area contributed by atoms with Crippen LogP contribution in [0.3, 0.4) is 0 Å². The fraction of sp³-hybridized carbons (Fsp3) is 0.259. The summed E-state index contributed by atoms with van der Waals surface area (Å²) < 4.78 is 43.7. The first-order valence-electron chi connectivity index (χ1n) is 12.2. The molecule has 196 valence electrons. The van der Waals surface area contributed by atoms with E-state index in [0.717, 1.165) is 39.2 Å². The zero-order chi connectivity index (χ0) is 26.1. The van der Waals surface area contributed by atoms with Crippen molar-refractivity contribution in [1.82, 2.24) is 9.29 Å². The summed E-state index contributed by atoms with van der Waals surface area (Å²) in [6, 6.07) is 18.4. The van der Waals surface area contributed by atoms with Crippen LogP contribution in [0.4, 0.5) is 5.13 Å². The van der Waals surface area contributed by atoms with E-state index in [2.05, 4.69) is 0 Å². The molecule has 6 rings (SSSR count). The Morgan fingerprint density at radius 2 is 1.74 bits per heavy atom. The van der Waals surface area contributed by atoms with Crippen molar-refractivity contribution in [2.24, 2.45) is 5.10 Å². The Kier molecular flexibility index (Phi) is 6.75. The SMILES string of the molecule is COc1ccc(C2=NN(c3nc(-c4ccc(S(=O)(=O)N5CCOCC5)cc4)cs3)C(c3ccco3)C2)cc1. The summed E-state index contributed by atoms with van der Waals surface area (Å²) in [7, 11) is -1.90. The molecule has 0 radical (unpaired) electrons. The predicted octanol–water partition coefficient (Wildman–Crippen LogP) is 4.79. The number of hydrazone groups is 1. The Labute approximate surface area is 225 Å². The number of ether oxygens (including phenoxy) is 2. The fourth-order valence-corrected chi connectivity index (χ4v) is 6.82. The van der Waals surface area contributed by atoms with Crippen LogP contribution in [0.5, 0.6) is 5.75 Å². The van der Waals surface area contributed by atoms with Gasteiger partial charge in [-0.05, 0) is 54.1 Å². The smallest absolute Gasteiger partial charge is 0.243 e. The van der Waals surface area contributed by atoms with Crippen molar-refractivity contribution in [2.45, 2.75) is 17.4 Å². The molecule has 0 amide bonds. The van der Waals surface area contributed by atoms with E-state index in [9.17, 15) is 8.42 Å². The lowest BCUT2D eigenvalue weighted by atomic mass is 10.0. The third-order valence-corrected chi connectivity index (χ3v) is 9.39. The van der Waals surface area contributed by atoms with Gasteiger partial charge in [0, 0.05) is 30.5 Å². The topological polar surface area (TPSA) is 97.5 Å². The van der Waals surface area contributed by atoms with Gasteiger partial charge in [-0.2, -0.15) is 9.41 Å². The molecular weight excluding hydrogens is 524 g/mol. The second-order valence-electron chi connectivity index (χ2n) is 8.91. The minimum Gasteiger partial charge on any atom is -0.497 e. The molecule has 0 spiro atoms. The predicted molar refractivity (Wildman–Crippen MR) is 145 cm³/mol. The van der Waals surface area contributed by atoms with E-state index in [1.54, 1.807) is 37.6 Å². The number of anilines is 1. The van der Waals surface area contributed by atoms with Crippen LogP contribution in [0, 0.1) is 0 Å². The van der Waals surface area contributed by atoms with Gasteiger partial charge in [0.25, 0.3) is 0 Å². The molecule has 2 aliphatic rings. The van der Waals surface area contributed by atoms with Gasteiger partial charge in [-0.25, -0.2) is 18.4 Å².